The highest BCUT2D eigenvalue weighted by molar-refractivity contribution is 5.90. The summed E-state index contributed by atoms with van der Waals surface area (Å²) < 4.78 is 5.50. The number of aromatic carboxylic acids is 1. The lowest BCUT2D eigenvalue weighted by Crippen LogP contribution is -2.00. The van der Waals surface area contributed by atoms with Gasteiger partial charge in [0.15, 0.2) is 0 Å². The molecule has 0 unspecified atom stereocenters. The molecule has 1 aromatic heterocycles. The van der Waals surface area contributed by atoms with E-state index in [-0.39, 0.29) is 5.69 Å². The highest BCUT2D eigenvalue weighted by Gasteiger charge is 2.05. The minimum absolute atomic E-state index is 0.0553. The van der Waals surface area contributed by atoms with Crippen LogP contribution in [0.2, 0.25) is 0 Å². The molecule has 0 aliphatic heterocycles. The summed E-state index contributed by atoms with van der Waals surface area (Å²) in [6, 6.07) is 8.67. The topological polar surface area (TPSA) is 59.4 Å². The molecule has 4 nitrogen and oxygen atoms in total. The second-order valence-electron chi connectivity index (χ2n) is 3.70. The maximum atomic E-state index is 10.8. The van der Waals surface area contributed by atoms with Gasteiger partial charge in [-0.15, -0.1) is 0 Å². The number of carboxylic acid groups (broad SMARTS) is 1. The summed E-state index contributed by atoms with van der Waals surface area (Å²) >= 11 is 0. The van der Waals surface area contributed by atoms with E-state index >= 15 is 0 Å². The van der Waals surface area contributed by atoms with E-state index in [0.29, 0.717) is 12.1 Å². The normalized spacial score (nSPS) is 10.4. The lowest BCUT2D eigenvalue weighted by molar-refractivity contribution is 0.0691. The zero-order valence-corrected chi connectivity index (χ0v) is 9.51. The van der Waals surface area contributed by atoms with E-state index in [0.717, 1.165) is 17.6 Å². The summed E-state index contributed by atoms with van der Waals surface area (Å²) in [6.07, 6.45) is 0.953. The lowest BCUT2D eigenvalue weighted by atomic mass is 10.2. The fourth-order valence-corrected chi connectivity index (χ4v) is 1.53. The smallest absolute Gasteiger partial charge is 0.354 e. The Hall–Kier alpha value is -2.10. The summed E-state index contributed by atoms with van der Waals surface area (Å²) in [6.45, 7) is 2.72. The number of pyridine rings is 1. The third kappa shape index (κ3) is 2.53. The van der Waals surface area contributed by atoms with E-state index in [9.17, 15) is 4.79 Å². The van der Waals surface area contributed by atoms with Crippen LogP contribution in [0.15, 0.2) is 30.3 Å². The van der Waals surface area contributed by atoms with Gasteiger partial charge in [-0.3, -0.25) is 0 Å². The monoisotopic (exact) mass is 231 g/mol. The Morgan fingerprint density at radius 2 is 2.18 bits per heavy atom. The number of fused-ring (bicyclic) bond motifs is 1. The van der Waals surface area contributed by atoms with Crippen LogP contribution < -0.4 is 4.74 Å². The zero-order valence-electron chi connectivity index (χ0n) is 9.51. The van der Waals surface area contributed by atoms with Crippen molar-refractivity contribution in [3.8, 4) is 5.75 Å². The van der Waals surface area contributed by atoms with Crippen LogP contribution in [0, 0.1) is 0 Å². The lowest BCUT2D eigenvalue weighted by Gasteiger charge is -2.05. The molecule has 0 bridgehead atoms. The Labute approximate surface area is 98.9 Å². The molecule has 0 spiro atoms. The van der Waals surface area contributed by atoms with E-state index in [1.54, 1.807) is 18.2 Å². The van der Waals surface area contributed by atoms with Crippen LogP contribution in [0.5, 0.6) is 5.75 Å². The van der Waals surface area contributed by atoms with E-state index in [1.165, 1.54) is 6.07 Å². The first-order chi connectivity index (χ1) is 8.20. The Morgan fingerprint density at radius 3 is 2.88 bits per heavy atom. The fourth-order valence-electron chi connectivity index (χ4n) is 1.53. The second-order valence-corrected chi connectivity index (χ2v) is 3.70. The highest BCUT2D eigenvalue weighted by atomic mass is 16.5. The number of hydrogen-bond acceptors (Lipinski definition) is 3. The second kappa shape index (κ2) is 4.82. The third-order valence-corrected chi connectivity index (χ3v) is 2.35. The van der Waals surface area contributed by atoms with Crippen LogP contribution in [0.25, 0.3) is 10.9 Å². The van der Waals surface area contributed by atoms with E-state index in [4.69, 9.17) is 9.84 Å². The van der Waals surface area contributed by atoms with Crippen molar-refractivity contribution in [2.45, 2.75) is 13.3 Å². The molecular formula is C13H13NO3. The molecule has 0 aliphatic rings. The van der Waals surface area contributed by atoms with Gasteiger partial charge in [0.1, 0.15) is 11.4 Å². The van der Waals surface area contributed by atoms with Crippen LogP contribution in [0.3, 0.4) is 0 Å². The first-order valence-corrected chi connectivity index (χ1v) is 5.47. The van der Waals surface area contributed by atoms with Gasteiger partial charge in [-0.1, -0.05) is 13.0 Å². The minimum atomic E-state index is -1.02. The number of nitrogens with zero attached hydrogens (tertiary/aromatic N) is 1. The average Bonchev–Trinajstić information content (AvgIpc) is 2.35. The molecule has 0 saturated carbocycles. The first kappa shape index (κ1) is 11.4. The van der Waals surface area contributed by atoms with E-state index in [2.05, 4.69) is 4.98 Å². The maximum Gasteiger partial charge on any atom is 0.354 e. The number of ether oxygens (including phenoxy) is 1. The molecule has 2 rings (SSSR count). The van der Waals surface area contributed by atoms with Crippen molar-refractivity contribution in [2.75, 3.05) is 6.61 Å². The minimum Gasteiger partial charge on any atom is -0.494 e. The van der Waals surface area contributed by atoms with Crippen LogP contribution >= 0.6 is 0 Å². The molecule has 2 aromatic rings. The predicted octanol–water partition coefficient (Wildman–Crippen LogP) is 2.72. The number of aromatic nitrogens is 1. The Morgan fingerprint density at radius 1 is 1.35 bits per heavy atom. The van der Waals surface area contributed by atoms with Crippen molar-refractivity contribution >= 4 is 16.9 Å². The first-order valence-electron chi connectivity index (χ1n) is 5.47. The summed E-state index contributed by atoms with van der Waals surface area (Å²) in [5, 5.41) is 9.71. The quantitative estimate of drug-likeness (QED) is 0.878. The van der Waals surface area contributed by atoms with Gasteiger partial charge in [0.25, 0.3) is 0 Å². The van der Waals surface area contributed by atoms with Crippen molar-refractivity contribution in [2.24, 2.45) is 0 Å². The van der Waals surface area contributed by atoms with Gasteiger partial charge in [0.2, 0.25) is 0 Å². The van der Waals surface area contributed by atoms with Crippen molar-refractivity contribution < 1.29 is 14.6 Å². The highest BCUT2D eigenvalue weighted by Crippen LogP contribution is 2.20. The maximum absolute atomic E-state index is 10.8. The number of carbonyl (C=O) groups is 1. The third-order valence-electron chi connectivity index (χ3n) is 2.35. The molecule has 0 fully saturated rings. The molecule has 88 valence electrons. The predicted molar refractivity (Wildman–Crippen MR) is 64.5 cm³/mol. The zero-order chi connectivity index (χ0) is 12.3. The molecule has 17 heavy (non-hydrogen) atoms. The molecule has 0 aliphatic carbocycles. The average molecular weight is 231 g/mol. The molecule has 0 amide bonds. The summed E-state index contributed by atoms with van der Waals surface area (Å²) in [7, 11) is 0. The van der Waals surface area contributed by atoms with Crippen LogP contribution in [0.1, 0.15) is 23.8 Å². The Kier molecular flexibility index (Phi) is 3.23. The van der Waals surface area contributed by atoms with Crippen molar-refractivity contribution in [3.05, 3.63) is 36.0 Å². The number of carboxylic acids is 1. The van der Waals surface area contributed by atoms with Gasteiger partial charge >= 0.3 is 5.97 Å². The van der Waals surface area contributed by atoms with Crippen LogP contribution in [0.4, 0.5) is 0 Å². The molecule has 0 radical (unpaired) electrons. The molecular weight excluding hydrogens is 218 g/mol. The summed E-state index contributed by atoms with van der Waals surface area (Å²) in [4.78, 5) is 14.8. The van der Waals surface area contributed by atoms with Crippen LogP contribution in [-0.4, -0.2) is 22.7 Å². The standard InChI is InChI=1S/C13H13NO3/c1-2-7-17-10-4-6-11-9(8-10)3-5-12(14-11)13(15)16/h3-6,8H,2,7H2,1H3,(H,15,16). The SMILES string of the molecule is CCCOc1ccc2nc(C(=O)O)ccc2c1. The van der Waals surface area contributed by atoms with Crippen molar-refractivity contribution in [1.82, 2.24) is 4.98 Å². The molecule has 0 saturated heterocycles. The van der Waals surface area contributed by atoms with Gasteiger partial charge in [-0.2, -0.15) is 0 Å². The van der Waals surface area contributed by atoms with E-state index < -0.39 is 5.97 Å². The fraction of sp³-hybridized carbons (Fsp3) is 0.231. The number of hydrogen-bond donors (Lipinski definition) is 1. The molecule has 1 heterocycles. The van der Waals surface area contributed by atoms with Crippen LogP contribution in [-0.2, 0) is 0 Å². The van der Waals surface area contributed by atoms with Crippen molar-refractivity contribution in [1.29, 1.82) is 0 Å². The van der Waals surface area contributed by atoms with Gasteiger partial charge in [0, 0.05) is 5.39 Å². The van der Waals surface area contributed by atoms with Gasteiger partial charge in [0.05, 0.1) is 12.1 Å². The largest absolute Gasteiger partial charge is 0.494 e. The Bertz CT molecular complexity index is 551. The van der Waals surface area contributed by atoms with Gasteiger partial charge < -0.3 is 9.84 Å². The molecule has 1 aromatic carbocycles. The summed E-state index contributed by atoms with van der Waals surface area (Å²) in [5.41, 5.74) is 0.716. The molecule has 1 N–H and O–H groups in total. The van der Waals surface area contributed by atoms with Crippen molar-refractivity contribution in [3.63, 3.8) is 0 Å². The molecule has 0 atom stereocenters. The molecule has 4 heteroatoms. The van der Waals surface area contributed by atoms with Gasteiger partial charge in [-0.05, 0) is 30.7 Å². The number of benzene rings is 1. The van der Waals surface area contributed by atoms with Gasteiger partial charge in [-0.25, -0.2) is 9.78 Å². The summed E-state index contributed by atoms with van der Waals surface area (Å²) in [5.74, 6) is -0.234. The number of rotatable bonds is 4. The Balaban J connectivity index is 2.36. The van der Waals surface area contributed by atoms with E-state index in [1.807, 2.05) is 13.0 Å².